The summed E-state index contributed by atoms with van der Waals surface area (Å²) in [5.41, 5.74) is 1.34. The van der Waals surface area contributed by atoms with Crippen molar-refractivity contribution in [3.63, 3.8) is 0 Å². The second kappa shape index (κ2) is 5.42. The fourth-order valence-electron chi connectivity index (χ4n) is 3.66. The van der Waals surface area contributed by atoms with E-state index in [9.17, 15) is 9.90 Å². The molecule has 0 spiro atoms. The molecule has 5 rings (SSSR count). The number of hydrogen-bond acceptors (Lipinski definition) is 6. The summed E-state index contributed by atoms with van der Waals surface area (Å²) < 4.78 is 22.4. The van der Waals surface area contributed by atoms with E-state index in [1.54, 1.807) is 24.3 Å². The zero-order chi connectivity index (χ0) is 18.8. The highest BCUT2D eigenvalue weighted by atomic mass is 16.7. The van der Waals surface area contributed by atoms with Gasteiger partial charge in [-0.2, -0.15) is 0 Å². The van der Waals surface area contributed by atoms with Crippen LogP contribution < -0.4 is 19.6 Å². The lowest BCUT2D eigenvalue weighted by Gasteiger charge is -2.32. The van der Waals surface area contributed by atoms with Gasteiger partial charge >= 0.3 is 0 Å². The third-order valence-corrected chi connectivity index (χ3v) is 5.15. The third kappa shape index (κ3) is 2.44. The van der Waals surface area contributed by atoms with E-state index in [0.29, 0.717) is 45.9 Å². The van der Waals surface area contributed by atoms with Gasteiger partial charge in [-0.05, 0) is 44.4 Å². The molecule has 1 aromatic heterocycles. The summed E-state index contributed by atoms with van der Waals surface area (Å²) in [6, 6.07) is 6.95. The molecule has 0 bridgehead atoms. The van der Waals surface area contributed by atoms with Crippen molar-refractivity contribution in [1.82, 2.24) is 0 Å². The lowest BCUT2D eigenvalue weighted by molar-refractivity contribution is 0.0839. The summed E-state index contributed by atoms with van der Waals surface area (Å²) in [5, 5.41) is 11.0. The number of aromatic hydroxyl groups is 1. The van der Waals surface area contributed by atoms with Gasteiger partial charge in [0.05, 0.1) is 5.56 Å². The van der Waals surface area contributed by atoms with Crippen LogP contribution in [0.1, 0.15) is 25.8 Å². The maximum Gasteiger partial charge on any atom is 0.231 e. The summed E-state index contributed by atoms with van der Waals surface area (Å²) in [7, 11) is 0. The summed E-state index contributed by atoms with van der Waals surface area (Å²) in [4.78, 5) is 13.1. The highest BCUT2D eigenvalue weighted by molar-refractivity contribution is 5.90. The number of phenols is 1. The van der Waals surface area contributed by atoms with Gasteiger partial charge in [-0.15, -0.1) is 0 Å². The van der Waals surface area contributed by atoms with Crippen LogP contribution in [0.2, 0.25) is 0 Å². The van der Waals surface area contributed by atoms with Gasteiger partial charge in [-0.25, -0.2) is 0 Å². The molecular weight excluding hydrogens is 348 g/mol. The van der Waals surface area contributed by atoms with Crippen LogP contribution in [0.5, 0.6) is 23.0 Å². The van der Waals surface area contributed by atoms with Crippen LogP contribution in [0.4, 0.5) is 0 Å². The zero-order valence-corrected chi connectivity index (χ0v) is 15.0. The molecule has 0 aliphatic carbocycles. The summed E-state index contributed by atoms with van der Waals surface area (Å²) in [6.45, 7) is 4.15. The molecule has 3 aromatic rings. The van der Waals surface area contributed by atoms with Crippen molar-refractivity contribution in [1.29, 1.82) is 0 Å². The van der Waals surface area contributed by atoms with E-state index in [4.69, 9.17) is 18.6 Å². The monoisotopic (exact) mass is 366 g/mol. The molecule has 3 heterocycles. The van der Waals surface area contributed by atoms with Gasteiger partial charge in [0, 0.05) is 11.6 Å². The van der Waals surface area contributed by atoms with E-state index >= 15 is 0 Å². The first-order valence-corrected chi connectivity index (χ1v) is 8.82. The molecule has 0 amide bonds. The fourth-order valence-corrected chi connectivity index (χ4v) is 3.66. The Hall–Kier alpha value is -3.15. The molecule has 0 saturated heterocycles. The number of ether oxygens (including phenoxy) is 3. The van der Waals surface area contributed by atoms with Crippen LogP contribution in [-0.4, -0.2) is 17.5 Å². The average molecular weight is 366 g/mol. The standard InChI is InChI=1S/C21H18O6/c1-21(2)6-5-12-15(27-21)8-17-18(19(12)22)20(23)13(9-24-17)11-3-4-14-16(7-11)26-10-25-14/h3-4,7-9,22H,5-6,10H2,1-2H3. The highest BCUT2D eigenvalue weighted by Gasteiger charge is 2.30. The number of rotatable bonds is 1. The second-order valence-corrected chi connectivity index (χ2v) is 7.48. The van der Waals surface area contributed by atoms with Gasteiger partial charge in [0.2, 0.25) is 12.2 Å². The third-order valence-electron chi connectivity index (χ3n) is 5.15. The summed E-state index contributed by atoms with van der Waals surface area (Å²) in [5.74, 6) is 1.72. The topological polar surface area (TPSA) is 78.1 Å². The fraction of sp³-hybridized carbons (Fsp3) is 0.286. The van der Waals surface area contributed by atoms with Crippen LogP contribution in [0, 0.1) is 0 Å². The lowest BCUT2D eigenvalue weighted by atomic mass is 9.92. The minimum atomic E-state index is -0.320. The Kier molecular flexibility index (Phi) is 3.22. The predicted molar refractivity (Wildman–Crippen MR) is 98.7 cm³/mol. The molecule has 0 unspecified atom stereocenters. The highest BCUT2D eigenvalue weighted by Crippen LogP contribution is 2.42. The van der Waals surface area contributed by atoms with Crippen LogP contribution in [-0.2, 0) is 6.42 Å². The minimum Gasteiger partial charge on any atom is -0.507 e. The molecule has 0 atom stereocenters. The van der Waals surface area contributed by atoms with E-state index in [0.717, 1.165) is 6.42 Å². The summed E-state index contributed by atoms with van der Waals surface area (Å²) >= 11 is 0. The Balaban J connectivity index is 1.70. The molecule has 27 heavy (non-hydrogen) atoms. The molecule has 0 saturated carbocycles. The first kappa shape index (κ1) is 16.1. The van der Waals surface area contributed by atoms with Gasteiger partial charge in [-0.3, -0.25) is 4.79 Å². The Labute approximate surface area is 154 Å². The van der Waals surface area contributed by atoms with Crippen LogP contribution in [0.25, 0.3) is 22.1 Å². The van der Waals surface area contributed by atoms with Crippen molar-refractivity contribution in [2.45, 2.75) is 32.3 Å². The maximum atomic E-state index is 13.1. The van der Waals surface area contributed by atoms with E-state index in [-0.39, 0.29) is 29.0 Å². The Morgan fingerprint density at radius 2 is 1.89 bits per heavy atom. The van der Waals surface area contributed by atoms with E-state index in [1.807, 2.05) is 13.8 Å². The smallest absolute Gasteiger partial charge is 0.231 e. The van der Waals surface area contributed by atoms with Crippen molar-refractivity contribution >= 4 is 11.0 Å². The minimum absolute atomic E-state index is 0.0608. The van der Waals surface area contributed by atoms with Crippen LogP contribution >= 0.6 is 0 Å². The molecule has 138 valence electrons. The SMILES string of the molecule is CC1(C)CCc2c(cc3occ(-c4ccc5c(c4)OCO5)c(=O)c3c2O)O1. The van der Waals surface area contributed by atoms with E-state index in [1.165, 1.54) is 6.26 Å². The number of hydrogen-bond donors (Lipinski definition) is 1. The van der Waals surface area contributed by atoms with Gasteiger partial charge in [0.1, 0.15) is 34.3 Å². The average Bonchev–Trinajstić information content (AvgIpc) is 3.08. The van der Waals surface area contributed by atoms with Gasteiger partial charge < -0.3 is 23.7 Å². The van der Waals surface area contributed by atoms with Crippen LogP contribution in [0.3, 0.4) is 0 Å². The second-order valence-electron chi connectivity index (χ2n) is 7.48. The number of benzene rings is 2. The largest absolute Gasteiger partial charge is 0.507 e. The normalized spacial score (nSPS) is 16.8. The predicted octanol–water partition coefficient (Wildman–Crippen LogP) is 4.00. The molecule has 2 aliphatic heterocycles. The molecule has 2 aromatic carbocycles. The Morgan fingerprint density at radius 1 is 1.07 bits per heavy atom. The Morgan fingerprint density at radius 3 is 2.74 bits per heavy atom. The first-order chi connectivity index (χ1) is 12.9. The van der Waals surface area contributed by atoms with Gasteiger partial charge in [0.15, 0.2) is 11.5 Å². The van der Waals surface area contributed by atoms with Crippen molar-refractivity contribution < 1.29 is 23.7 Å². The lowest BCUT2D eigenvalue weighted by Crippen LogP contribution is -2.32. The van der Waals surface area contributed by atoms with Crippen molar-refractivity contribution in [2.75, 3.05) is 6.79 Å². The van der Waals surface area contributed by atoms with Gasteiger partial charge in [-0.1, -0.05) is 6.07 Å². The van der Waals surface area contributed by atoms with Crippen molar-refractivity contribution in [2.24, 2.45) is 0 Å². The van der Waals surface area contributed by atoms with Crippen molar-refractivity contribution in [3.8, 4) is 34.1 Å². The Bertz CT molecular complexity index is 1140. The molecule has 0 radical (unpaired) electrons. The quantitative estimate of drug-likeness (QED) is 0.701. The molecule has 6 nitrogen and oxygen atoms in total. The molecule has 1 N–H and O–H groups in total. The van der Waals surface area contributed by atoms with Crippen LogP contribution in [0.15, 0.2) is 39.7 Å². The molecular formula is C21H18O6. The zero-order valence-electron chi connectivity index (χ0n) is 15.0. The number of fused-ring (bicyclic) bond motifs is 3. The van der Waals surface area contributed by atoms with Gasteiger partial charge in [0.25, 0.3) is 0 Å². The first-order valence-electron chi connectivity index (χ1n) is 8.82. The molecule has 2 aliphatic rings. The number of phenolic OH excluding ortho intramolecular Hbond substituents is 1. The molecule has 0 fully saturated rings. The maximum absolute atomic E-state index is 13.1. The van der Waals surface area contributed by atoms with E-state index in [2.05, 4.69) is 0 Å². The van der Waals surface area contributed by atoms with Crippen molar-refractivity contribution in [3.05, 3.63) is 46.3 Å². The van der Waals surface area contributed by atoms with E-state index < -0.39 is 0 Å². The molecule has 6 heteroatoms. The summed E-state index contributed by atoms with van der Waals surface area (Å²) in [6.07, 6.45) is 2.80.